The predicted octanol–water partition coefficient (Wildman–Crippen LogP) is 0.558. The van der Waals surface area contributed by atoms with Gasteiger partial charge in [0.2, 0.25) is 0 Å². The molecule has 1 amide bonds. The molecule has 1 saturated heterocycles. The first-order valence-electron chi connectivity index (χ1n) is 5.64. The zero-order chi connectivity index (χ0) is 12.4. The van der Waals surface area contributed by atoms with Crippen molar-refractivity contribution < 1.29 is 4.79 Å². The van der Waals surface area contributed by atoms with Crippen LogP contribution in [0.15, 0.2) is 12.5 Å². The summed E-state index contributed by atoms with van der Waals surface area (Å²) in [5.74, 6) is 0.109. The van der Waals surface area contributed by atoms with Gasteiger partial charge in [0.15, 0.2) is 0 Å². The van der Waals surface area contributed by atoms with Crippen molar-refractivity contribution in [3.05, 3.63) is 18.2 Å². The van der Waals surface area contributed by atoms with E-state index in [0.29, 0.717) is 17.2 Å². The average molecular weight is 252 g/mol. The van der Waals surface area contributed by atoms with Gasteiger partial charge in [0.25, 0.3) is 5.91 Å². The molecule has 2 rings (SSSR count). The summed E-state index contributed by atoms with van der Waals surface area (Å²) in [6.07, 6.45) is 5.27. The minimum Gasteiger partial charge on any atom is -0.393 e. The molecule has 1 unspecified atom stereocenters. The number of aromatic nitrogens is 2. The van der Waals surface area contributed by atoms with Crippen LogP contribution in [-0.4, -0.2) is 38.4 Å². The van der Waals surface area contributed by atoms with Gasteiger partial charge in [-0.05, 0) is 12.8 Å². The van der Waals surface area contributed by atoms with Gasteiger partial charge in [0.05, 0.1) is 11.3 Å². The highest BCUT2D eigenvalue weighted by atomic mass is 32.1. The molecule has 92 valence electrons. The van der Waals surface area contributed by atoms with Crippen molar-refractivity contribution in [2.24, 2.45) is 18.7 Å². The maximum atomic E-state index is 12.1. The molecule has 0 saturated carbocycles. The summed E-state index contributed by atoms with van der Waals surface area (Å²) in [5, 5.41) is 0. The molecule has 0 bridgehead atoms. The number of thiocarbonyl (C=S) groups is 1. The van der Waals surface area contributed by atoms with Crippen molar-refractivity contribution in [3.8, 4) is 0 Å². The first-order valence-corrected chi connectivity index (χ1v) is 6.05. The minimum atomic E-state index is -0.0356. The molecule has 1 aromatic rings. The van der Waals surface area contributed by atoms with E-state index in [1.54, 1.807) is 22.0 Å². The van der Waals surface area contributed by atoms with Crippen molar-refractivity contribution >= 4 is 23.1 Å². The van der Waals surface area contributed by atoms with E-state index in [0.717, 1.165) is 19.4 Å². The lowest BCUT2D eigenvalue weighted by Gasteiger charge is -2.31. The van der Waals surface area contributed by atoms with Gasteiger partial charge in [0.1, 0.15) is 5.69 Å². The van der Waals surface area contributed by atoms with E-state index in [1.807, 2.05) is 7.05 Å². The van der Waals surface area contributed by atoms with Crippen LogP contribution in [0, 0.1) is 5.92 Å². The van der Waals surface area contributed by atoms with Gasteiger partial charge in [-0.1, -0.05) is 12.2 Å². The standard InChI is InChI=1S/C11H16N4OS/c1-14-6-9(13-7-14)11(16)15-4-2-3-8(5-15)10(12)17/h6-8H,2-5H2,1H3,(H2,12,17). The van der Waals surface area contributed by atoms with E-state index in [9.17, 15) is 4.79 Å². The molecule has 0 aromatic carbocycles. The molecule has 1 atom stereocenters. The van der Waals surface area contributed by atoms with Gasteiger partial charge in [-0.3, -0.25) is 4.79 Å². The zero-order valence-electron chi connectivity index (χ0n) is 9.80. The van der Waals surface area contributed by atoms with Crippen molar-refractivity contribution in [2.45, 2.75) is 12.8 Å². The molecule has 0 aliphatic carbocycles. The highest BCUT2D eigenvalue weighted by Crippen LogP contribution is 2.18. The SMILES string of the molecule is Cn1cnc(C(=O)N2CCCC(C(N)=S)C2)c1. The van der Waals surface area contributed by atoms with Gasteiger partial charge in [-0.2, -0.15) is 0 Å². The molecule has 17 heavy (non-hydrogen) atoms. The van der Waals surface area contributed by atoms with Crippen LogP contribution in [0.3, 0.4) is 0 Å². The zero-order valence-corrected chi connectivity index (χ0v) is 10.6. The fraction of sp³-hybridized carbons (Fsp3) is 0.545. The Labute approximate surface area is 106 Å². The smallest absolute Gasteiger partial charge is 0.274 e. The first-order chi connectivity index (χ1) is 8.08. The topological polar surface area (TPSA) is 64.2 Å². The Kier molecular flexibility index (Phi) is 3.42. The van der Waals surface area contributed by atoms with Gasteiger partial charge in [0, 0.05) is 32.3 Å². The number of carbonyl (C=O) groups excluding carboxylic acids is 1. The van der Waals surface area contributed by atoms with Crippen molar-refractivity contribution in [1.82, 2.24) is 14.5 Å². The molecule has 1 aliphatic rings. The maximum absolute atomic E-state index is 12.1. The van der Waals surface area contributed by atoms with Crippen LogP contribution >= 0.6 is 12.2 Å². The largest absolute Gasteiger partial charge is 0.393 e. The Morgan fingerprint density at radius 3 is 3.00 bits per heavy atom. The Hall–Kier alpha value is -1.43. The number of hydrogen-bond donors (Lipinski definition) is 1. The molecular formula is C11H16N4OS. The van der Waals surface area contributed by atoms with E-state index in [2.05, 4.69) is 4.98 Å². The number of carbonyl (C=O) groups is 1. The van der Waals surface area contributed by atoms with Crippen molar-refractivity contribution in [2.75, 3.05) is 13.1 Å². The Balaban J connectivity index is 2.07. The summed E-state index contributed by atoms with van der Waals surface area (Å²) in [6, 6.07) is 0. The van der Waals surface area contributed by atoms with Crippen LogP contribution < -0.4 is 5.73 Å². The molecule has 1 fully saturated rings. The number of likely N-dealkylation sites (tertiary alicyclic amines) is 1. The van der Waals surface area contributed by atoms with E-state index >= 15 is 0 Å². The highest BCUT2D eigenvalue weighted by Gasteiger charge is 2.26. The number of amides is 1. The molecule has 2 heterocycles. The second kappa shape index (κ2) is 4.83. The molecular weight excluding hydrogens is 236 g/mol. The number of rotatable bonds is 2. The summed E-state index contributed by atoms with van der Waals surface area (Å²) in [6.45, 7) is 1.37. The third-order valence-corrected chi connectivity index (χ3v) is 3.37. The number of hydrogen-bond acceptors (Lipinski definition) is 3. The first kappa shape index (κ1) is 12.0. The summed E-state index contributed by atoms with van der Waals surface area (Å²) in [5.41, 5.74) is 6.13. The second-order valence-corrected chi connectivity index (χ2v) is 4.89. The molecule has 5 nitrogen and oxygen atoms in total. The van der Waals surface area contributed by atoms with E-state index in [1.165, 1.54) is 0 Å². The summed E-state index contributed by atoms with van der Waals surface area (Å²) >= 11 is 5.00. The lowest BCUT2D eigenvalue weighted by molar-refractivity contribution is 0.0698. The van der Waals surface area contributed by atoms with Crippen molar-refractivity contribution in [3.63, 3.8) is 0 Å². The number of aryl methyl sites for hydroxylation is 1. The second-order valence-electron chi connectivity index (χ2n) is 4.42. The molecule has 1 aromatic heterocycles. The average Bonchev–Trinajstić information content (AvgIpc) is 2.75. The lowest BCUT2D eigenvalue weighted by atomic mass is 9.98. The van der Waals surface area contributed by atoms with Gasteiger partial charge in [-0.15, -0.1) is 0 Å². The molecule has 2 N–H and O–H groups in total. The van der Waals surface area contributed by atoms with Crippen LogP contribution in [0.25, 0.3) is 0 Å². The van der Waals surface area contributed by atoms with Crippen LogP contribution in [0.1, 0.15) is 23.3 Å². The lowest BCUT2D eigenvalue weighted by Crippen LogP contribution is -2.43. The molecule has 0 spiro atoms. The minimum absolute atomic E-state index is 0.0356. The van der Waals surface area contributed by atoms with Crippen LogP contribution in [0.5, 0.6) is 0 Å². The number of imidazole rings is 1. The molecule has 1 aliphatic heterocycles. The van der Waals surface area contributed by atoms with Crippen LogP contribution in [-0.2, 0) is 7.05 Å². The van der Waals surface area contributed by atoms with Gasteiger partial charge < -0.3 is 15.2 Å². The number of piperidine rings is 1. The third-order valence-electron chi connectivity index (χ3n) is 3.03. The number of nitrogens with zero attached hydrogens (tertiary/aromatic N) is 3. The summed E-state index contributed by atoms with van der Waals surface area (Å²) in [4.78, 5) is 18.5. The Morgan fingerprint density at radius 2 is 2.41 bits per heavy atom. The summed E-state index contributed by atoms with van der Waals surface area (Å²) in [7, 11) is 1.85. The van der Waals surface area contributed by atoms with Gasteiger partial charge >= 0.3 is 0 Å². The van der Waals surface area contributed by atoms with Crippen molar-refractivity contribution in [1.29, 1.82) is 0 Å². The van der Waals surface area contributed by atoms with Crippen LogP contribution in [0.2, 0.25) is 0 Å². The monoisotopic (exact) mass is 252 g/mol. The quantitative estimate of drug-likeness (QED) is 0.781. The van der Waals surface area contributed by atoms with E-state index < -0.39 is 0 Å². The molecule has 0 radical (unpaired) electrons. The third kappa shape index (κ3) is 2.63. The number of nitrogens with two attached hydrogens (primary N) is 1. The molecule has 6 heteroatoms. The Bertz CT molecular complexity index is 442. The highest BCUT2D eigenvalue weighted by molar-refractivity contribution is 7.80. The fourth-order valence-corrected chi connectivity index (χ4v) is 2.27. The van der Waals surface area contributed by atoms with E-state index in [-0.39, 0.29) is 11.8 Å². The van der Waals surface area contributed by atoms with Crippen LogP contribution in [0.4, 0.5) is 0 Å². The maximum Gasteiger partial charge on any atom is 0.274 e. The van der Waals surface area contributed by atoms with E-state index in [4.69, 9.17) is 18.0 Å². The predicted molar refractivity (Wildman–Crippen MR) is 68.6 cm³/mol. The summed E-state index contributed by atoms with van der Waals surface area (Å²) < 4.78 is 1.77. The normalized spacial score (nSPS) is 20.3. The Morgan fingerprint density at radius 1 is 1.65 bits per heavy atom. The fourth-order valence-electron chi connectivity index (χ4n) is 2.08. The van der Waals surface area contributed by atoms with Gasteiger partial charge in [-0.25, -0.2) is 4.98 Å².